The Hall–Kier alpha value is -2.71. The molecule has 1 aromatic rings. The third-order valence-electron chi connectivity index (χ3n) is 2.00. The van der Waals surface area contributed by atoms with Gasteiger partial charge in [0.2, 0.25) is 0 Å². The minimum absolute atomic E-state index is 0.333. The van der Waals surface area contributed by atoms with E-state index in [0.29, 0.717) is 6.07 Å². The smallest absolute Gasteiger partial charge is 0.344 e. The zero-order valence-corrected chi connectivity index (χ0v) is 9.10. The number of carboxylic acid groups (broad SMARTS) is 1. The number of carbonyl (C=O) groups is 1. The van der Waals surface area contributed by atoms with Crippen LogP contribution in [-0.4, -0.2) is 27.0 Å². The van der Waals surface area contributed by atoms with Gasteiger partial charge in [0, 0.05) is 6.07 Å². The van der Waals surface area contributed by atoms with E-state index in [1.165, 1.54) is 6.92 Å². The maximum absolute atomic E-state index is 10.7. The van der Waals surface area contributed by atoms with Gasteiger partial charge >= 0.3 is 11.7 Å². The summed E-state index contributed by atoms with van der Waals surface area (Å²) < 4.78 is 4.84. The number of non-ortho nitro benzene ring substituents is 1. The molecule has 9 heteroatoms. The van der Waals surface area contributed by atoms with Gasteiger partial charge in [-0.25, -0.2) is 4.79 Å². The van der Waals surface area contributed by atoms with Crippen molar-refractivity contribution in [3.63, 3.8) is 0 Å². The van der Waals surface area contributed by atoms with Crippen molar-refractivity contribution in [1.82, 2.24) is 0 Å². The second-order valence-corrected chi connectivity index (χ2v) is 3.26. The zero-order valence-electron chi connectivity index (χ0n) is 9.10. The van der Waals surface area contributed by atoms with E-state index in [9.17, 15) is 25.0 Å². The third kappa shape index (κ3) is 2.90. The largest absolute Gasteiger partial charge is 0.479 e. The average molecular weight is 256 g/mol. The Bertz CT molecular complexity index is 514. The Morgan fingerprint density at radius 1 is 1.33 bits per heavy atom. The van der Waals surface area contributed by atoms with Gasteiger partial charge in [0.25, 0.3) is 5.69 Å². The van der Waals surface area contributed by atoms with Crippen molar-refractivity contribution in [2.45, 2.75) is 13.0 Å². The Morgan fingerprint density at radius 2 is 1.94 bits per heavy atom. The lowest BCUT2D eigenvalue weighted by molar-refractivity contribution is -0.394. The first-order valence-corrected chi connectivity index (χ1v) is 4.65. The summed E-state index contributed by atoms with van der Waals surface area (Å²) in [4.78, 5) is 30.1. The molecule has 0 radical (unpaired) electrons. The van der Waals surface area contributed by atoms with Crippen LogP contribution >= 0.6 is 0 Å². The van der Waals surface area contributed by atoms with Crippen LogP contribution in [0.25, 0.3) is 0 Å². The van der Waals surface area contributed by atoms with Gasteiger partial charge in [-0.2, -0.15) is 0 Å². The normalized spacial score (nSPS) is 11.6. The van der Waals surface area contributed by atoms with Crippen molar-refractivity contribution >= 4 is 17.3 Å². The first-order chi connectivity index (χ1) is 8.32. The van der Waals surface area contributed by atoms with Crippen molar-refractivity contribution < 1.29 is 24.5 Å². The van der Waals surface area contributed by atoms with Gasteiger partial charge < -0.3 is 9.84 Å². The van der Waals surface area contributed by atoms with Gasteiger partial charge in [0.05, 0.1) is 15.9 Å². The van der Waals surface area contributed by atoms with Gasteiger partial charge in [-0.05, 0) is 13.0 Å². The predicted octanol–water partition coefficient (Wildman–Crippen LogP) is 1.35. The number of nitro groups is 2. The maximum Gasteiger partial charge on any atom is 0.344 e. The minimum atomic E-state index is -1.30. The summed E-state index contributed by atoms with van der Waals surface area (Å²) in [6, 6.07) is 2.70. The molecular formula is C9H8N2O7. The molecule has 18 heavy (non-hydrogen) atoms. The molecule has 1 rings (SSSR count). The fourth-order valence-electron chi connectivity index (χ4n) is 1.10. The molecule has 0 unspecified atom stereocenters. The second kappa shape index (κ2) is 5.08. The Labute approximate surface area is 99.9 Å². The van der Waals surface area contributed by atoms with E-state index in [2.05, 4.69) is 0 Å². The second-order valence-electron chi connectivity index (χ2n) is 3.26. The Kier molecular flexibility index (Phi) is 3.77. The van der Waals surface area contributed by atoms with E-state index >= 15 is 0 Å². The van der Waals surface area contributed by atoms with Crippen LogP contribution in [0.2, 0.25) is 0 Å². The van der Waals surface area contributed by atoms with E-state index in [-0.39, 0.29) is 5.75 Å². The molecule has 0 bridgehead atoms. The standard InChI is InChI=1S/C9H8N2O7/c1-5(9(12)13)18-8-3-2-6(10(14)15)4-7(8)11(16)17/h2-5H,1H3,(H,12,13)/t5-/m0/s1. The summed E-state index contributed by atoms with van der Waals surface area (Å²) in [7, 11) is 0. The molecule has 1 N–H and O–H groups in total. The number of nitro benzene ring substituents is 2. The topological polar surface area (TPSA) is 133 Å². The van der Waals surface area contributed by atoms with Crippen LogP contribution in [0.4, 0.5) is 11.4 Å². The number of benzene rings is 1. The zero-order chi connectivity index (χ0) is 13.9. The van der Waals surface area contributed by atoms with Crippen molar-refractivity contribution in [3.05, 3.63) is 38.4 Å². The van der Waals surface area contributed by atoms with Crippen LogP contribution in [0, 0.1) is 20.2 Å². The van der Waals surface area contributed by atoms with Gasteiger partial charge in [0.15, 0.2) is 11.9 Å². The lowest BCUT2D eigenvalue weighted by atomic mass is 10.2. The maximum atomic E-state index is 10.7. The van der Waals surface area contributed by atoms with Crippen molar-refractivity contribution in [2.24, 2.45) is 0 Å². The van der Waals surface area contributed by atoms with E-state index < -0.39 is 33.3 Å². The first-order valence-electron chi connectivity index (χ1n) is 4.65. The number of nitrogens with zero attached hydrogens (tertiary/aromatic N) is 2. The van der Waals surface area contributed by atoms with Crippen molar-refractivity contribution in [3.8, 4) is 5.75 Å². The van der Waals surface area contributed by atoms with Crippen LogP contribution in [0.15, 0.2) is 18.2 Å². The summed E-state index contributed by atoms with van der Waals surface area (Å²) in [5.74, 6) is -1.64. The summed E-state index contributed by atoms with van der Waals surface area (Å²) in [6.07, 6.45) is -1.30. The molecule has 9 nitrogen and oxygen atoms in total. The lowest BCUT2D eigenvalue weighted by Crippen LogP contribution is -2.23. The molecule has 0 aromatic heterocycles. The number of aliphatic carboxylic acids is 1. The summed E-state index contributed by atoms with van der Waals surface area (Å²) in [6.45, 7) is 1.19. The van der Waals surface area contributed by atoms with Crippen LogP contribution in [0.5, 0.6) is 5.75 Å². The van der Waals surface area contributed by atoms with Gasteiger partial charge in [-0.3, -0.25) is 20.2 Å². The number of carboxylic acids is 1. The number of hydrogen-bond donors (Lipinski definition) is 1. The fourth-order valence-corrected chi connectivity index (χ4v) is 1.10. The molecule has 0 saturated heterocycles. The molecule has 0 saturated carbocycles. The molecule has 0 aliphatic heterocycles. The average Bonchev–Trinajstić information content (AvgIpc) is 2.28. The number of rotatable bonds is 5. The van der Waals surface area contributed by atoms with Crippen LogP contribution < -0.4 is 4.74 Å². The highest BCUT2D eigenvalue weighted by Crippen LogP contribution is 2.31. The van der Waals surface area contributed by atoms with E-state index in [1.54, 1.807) is 0 Å². The molecule has 0 fully saturated rings. The molecule has 1 atom stereocenters. The van der Waals surface area contributed by atoms with E-state index in [4.69, 9.17) is 9.84 Å². The molecule has 96 valence electrons. The highest BCUT2D eigenvalue weighted by atomic mass is 16.6. The molecule has 0 aliphatic rings. The van der Waals surface area contributed by atoms with E-state index in [1.807, 2.05) is 0 Å². The highest BCUT2D eigenvalue weighted by molar-refractivity contribution is 5.72. The summed E-state index contributed by atoms with van der Waals surface area (Å²) in [5, 5.41) is 29.8. The van der Waals surface area contributed by atoms with Crippen molar-refractivity contribution in [2.75, 3.05) is 0 Å². The minimum Gasteiger partial charge on any atom is -0.479 e. The molecule has 0 amide bonds. The first kappa shape index (κ1) is 13.4. The summed E-state index contributed by atoms with van der Waals surface area (Å²) in [5.41, 5.74) is -1.13. The molecular weight excluding hydrogens is 248 g/mol. The third-order valence-corrected chi connectivity index (χ3v) is 2.00. The molecule has 0 heterocycles. The monoisotopic (exact) mass is 256 g/mol. The fraction of sp³-hybridized carbons (Fsp3) is 0.222. The molecule has 0 spiro atoms. The number of hydrogen-bond acceptors (Lipinski definition) is 6. The van der Waals surface area contributed by atoms with E-state index in [0.717, 1.165) is 12.1 Å². The van der Waals surface area contributed by atoms with Gasteiger partial charge in [0.1, 0.15) is 0 Å². The molecule has 1 aromatic carbocycles. The SMILES string of the molecule is C[C@H](Oc1ccc([N+](=O)[O-])cc1[N+](=O)[O-])C(=O)O. The van der Waals surface area contributed by atoms with Gasteiger partial charge in [-0.1, -0.05) is 0 Å². The van der Waals surface area contributed by atoms with Crippen LogP contribution in [0.3, 0.4) is 0 Å². The van der Waals surface area contributed by atoms with Crippen molar-refractivity contribution in [1.29, 1.82) is 0 Å². The molecule has 0 aliphatic carbocycles. The predicted molar refractivity (Wildman–Crippen MR) is 57.5 cm³/mol. The lowest BCUT2D eigenvalue weighted by Gasteiger charge is -2.09. The Balaban J connectivity index is 3.16. The highest BCUT2D eigenvalue weighted by Gasteiger charge is 2.23. The van der Waals surface area contributed by atoms with Crippen LogP contribution in [0.1, 0.15) is 6.92 Å². The Morgan fingerprint density at radius 3 is 2.39 bits per heavy atom. The summed E-state index contributed by atoms with van der Waals surface area (Å²) >= 11 is 0. The van der Waals surface area contributed by atoms with Gasteiger partial charge in [-0.15, -0.1) is 0 Å². The van der Waals surface area contributed by atoms with Crippen LogP contribution in [-0.2, 0) is 4.79 Å². The number of ether oxygens (including phenoxy) is 1. The quantitative estimate of drug-likeness (QED) is 0.620.